The van der Waals surface area contributed by atoms with Crippen LogP contribution in [0.25, 0.3) is 0 Å². The SMILES string of the molecule is CCOc1ccc(S(=O)(=O)N2CC(CO)C2)cc1C(=O)O. The molecule has 0 saturated carbocycles. The molecule has 1 heterocycles. The van der Waals surface area contributed by atoms with Gasteiger partial charge in [-0.2, -0.15) is 4.31 Å². The van der Waals surface area contributed by atoms with Gasteiger partial charge in [0.05, 0.1) is 11.5 Å². The third-order valence-electron chi connectivity index (χ3n) is 3.30. The van der Waals surface area contributed by atoms with Gasteiger partial charge in [0.2, 0.25) is 10.0 Å². The van der Waals surface area contributed by atoms with Crippen LogP contribution in [-0.4, -0.2) is 55.2 Å². The summed E-state index contributed by atoms with van der Waals surface area (Å²) in [6.07, 6.45) is 0. The number of nitrogens with zero attached hydrogens (tertiary/aromatic N) is 1. The van der Waals surface area contributed by atoms with Crippen molar-refractivity contribution in [3.63, 3.8) is 0 Å². The van der Waals surface area contributed by atoms with E-state index in [2.05, 4.69) is 0 Å². The first-order valence-corrected chi connectivity index (χ1v) is 7.95. The Balaban J connectivity index is 2.32. The van der Waals surface area contributed by atoms with Gasteiger partial charge in [0.15, 0.2) is 0 Å². The Bertz CT molecular complexity index is 636. The summed E-state index contributed by atoms with van der Waals surface area (Å²) in [5, 5.41) is 18.1. The van der Waals surface area contributed by atoms with Gasteiger partial charge in [-0.1, -0.05) is 0 Å². The van der Waals surface area contributed by atoms with Gasteiger partial charge in [-0.05, 0) is 25.1 Å². The second-order valence-corrected chi connectivity index (χ2v) is 6.70. The molecule has 7 nitrogen and oxygen atoms in total. The van der Waals surface area contributed by atoms with E-state index in [1.54, 1.807) is 6.92 Å². The molecule has 0 radical (unpaired) electrons. The largest absolute Gasteiger partial charge is 0.493 e. The van der Waals surface area contributed by atoms with Crippen LogP contribution in [0.4, 0.5) is 0 Å². The number of ether oxygens (including phenoxy) is 1. The van der Waals surface area contributed by atoms with Crippen LogP contribution in [0.1, 0.15) is 17.3 Å². The summed E-state index contributed by atoms with van der Waals surface area (Å²) in [5.41, 5.74) is -0.183. The molecule has 0 amide bonds. The minimum absolute atomic E-state index is 0.0542. The number of rotatable bonds is 6. The number of aromatic carboxylic acids is 1. The van der Waals surface area contributed by atoms with Crippen LogP contribution >= 0.6 is 0 Å². The highest BCUT2D eigenvalue weighted by atomic mass is 32.2. The maximum absolute atomic E-state index is 12.3. The minimum atomic E-state index is -3.73. The molecule has 0 spiro atoms. The summed E-state index contributed by atoms with van der Waals surface area (Å²) in [6.45, 7) is 2.43. The van der Waals surface area contributed by atoms with Crippen LogP contribution in [0.3, 0.4) is 0 Å². The van der Waals surface area contributed by atoms with Crippen molar-refractivity contribution in [3.8, 4) is 5.75 Å². The van der Waals surface area contributed by atoms with E-state index in [1.165, 1.54) is 16.4 Å². The average molecular weight is 315 g/mol. The molecule has 116 valence electrons. The molecule has 21 heavy (non-hydrogen) atoms. The Labute approximate surface area is 122 Å². The number of carboxylic acid groups (broad SMARTS) is 1. The number of sulfonamides is 1. The van der Waals surface area contributed by atoms with E-state index in [1.807, 2.05) is 0 Å². The fourth-order valence-corrected chi connectivity index (χ4v) is 3.72. The lowest BCUT2D eigenvalue weighted by atomic mass is 10.1. The third kappa shape index (κ3) is 3.02. The fraction of sp³-hybridized carbons (Fsp3) is 0.462. The molecule has 1 fully saturated rings. The maximum Gasteiger partial charge on any atom is 0.339 e. The molecule has 8 heteroatoms. The van der Waals surface area contributed by atoms with Crippen LogP contribution in [-0.2, 0) is 10.0 Å². The highest BCUT2D eigenvalue weighted by Crippen LogP contribution is 2.28. The quantitative estimate of drug-likeness (QED) is 0.787. The fourth-order valence-electron chi connectivity index (χ4n) is 2.10. The predicted molar refractivity (Wildman–Crippen MR) is 73.9 cm³/mol. The summed E-state index contributed by atoms with van der Waals surface area (Å²) in [5.74, 6) is -1.16. The van der Waals surface area contributed by atoms with Crippen LogP contribution in [0.15, 0.2) is 23.1 Å². The van der Waals surface area contributed by atoms with Crippen LogP contribution in [0.5, 0.6) is 5.75 Å². The zero-order chi connectivity index (χ0) is 15.6. The van der Waals surface area contributed by atoms with Gasteiger partial charge in [0.25, 0.3) is 0 Å². The monoisotopic (exact) mass is 315 g/mol. The average Bonchev–Trinajstić information content (AvgIpc) is 2.37. The Morgan fingerprint density at radius 3 is 2.62 bits per heavy atom. The molecule has 2 N–H and O–H groups in total. The second kappa shape index (κ2) is 6.00. The van der Waals surface area contributed by atoms with Gasteiger partial charge in [0, 0.05) is 25.6 Å². The topological polar surface area (TPSA) is 104 Å². The van der Waals surface area contributed by atoms with E-state index in [0.29, 0.717) is 0 Å². The lowest BCUT2D eigenvalue weighted by Crippen LogP contribution is -2.51. The first-order valence-electron chi connectivity index (χ1n) is 6.51. The molecule has 0 bridgehead atoms. The molecule has 0 unspecified atom stereocenters. The van der Waals surface area contributed by atoms with Gasteiger partial charge in [-0.25, -0.2) is 13.2 Å². The highest BCUT2D eigenvalue weighted by molar-refractivity contribution is 7.89. The highest BCUT2D eigenvalue weighted by Gasteiger charge is 2.36. The Hall–Kier alpha value is -1.64. The molecule has 1 aromatic rings. The minimum Gasteiger partial charge on any atom is -0.493 e. The van der Waals surface area contributed by atoms with Crippen molar-refractivity contribution in [2.24, 2.45) is 5.92 Å². The molecule has 1 saturated heterocycles. The maximum atomic E-state index is 12.3. The van der Waals surface area contributed by atoms with Crippen molar-refractivity contribution >= 4 is 16.0 Å². The summed E-state index contributed by atoms with van der Waals surface area (Å²) in [6, 6.07) is 3.79. The normalized spacial score (nSPS) is 16.5. The molecule has 1 aromatic carbocycles. The van der Waals surface area contributed by atoms with Gasteiger partial charge >= 0.3 is 5.97 Å². The Morgan fingerprint density at radius 1 is 1.43 bits per heavy atom. The number of hydrogen-bond acceptors (Lipinski definition) is 5. The van der Waals surface area contributed by atoms with E-state index in [0.717, 1.165) is 6.07 Å². The van der Waals surface area contributed by atoms with Crippen molar-refractivity contribution in [1.82, 2.24) is 4.31 Å². The number of hydrogen-bond donors (Lipinski definition) is 2. The van der Waals surface area contributed by atoms with E-state index in [9.17, 15) is 13.2 Å². The number of aliphatic hydroxyl groups is 1. The zero-order valence-corrected chi connectivity index (χ0v) is 12.3. The lowest BCUT2D eigenvalue weighted by molar-refractivity contribution is 0.0692. The summed E-state index contributed by atoms with van der Waals surface area (Å²) < 4.78 is 31.1. The standard InChI is InChI=1S/C13H17NO6S/c1-2-20-12-4-3-10(5-11(12)13(16)17)21(18,19)14-6-9(7-14)8-15/h3-5,9,15H,2,6-8H2,1H3,(H,16,17). The first kappa shape index (κ1) is 15.7. The van der Waals surface area contributed by atoms with E-state index < -0.39 is 16.0 Å². The van der Waals surface area contributed by atoms with Crippen molar-refractivity contribution in [2.45, 2.75) is 11.8 Å². The Morgan fingerprint density at radius 2 is 2.10 bits per heavy atom. The lowest BCUT2D eigenvalue weighted by Gasteiger charge is -2.36. The van der Waals surface area contributed by atoms with Crippen molar-refractivity contribution in [2.75, 3.05) is 26.3 Å². The molecule has 1 aliphatic rings. The molecular formula is C13H17NO6S. The van der Waals surface area contributed by atoms with Crippen molar-refractivity contribution in [1.29, 1.82) is 0 Å². The number of carboxylic acids is 1. The Kier molecular flexibility index (Phi) is 4.50. The van der Waals surface area contributed by atoms with Gasteiger partial charge in [0.1, 0.15) is 11.3 Å². The smallest absolute Gasteiger partial charge is 0.339 e. The van der Waals surface area contributed by atoms with E-state index >= 15 is 0 Å². The van der Waals surface area contributed by atoms with E-state index in [4.69, 9.17) is 14.9 Å². The summed E-state index contributed by atoms with van der Waals surface area (Å²) >= 11 is 0. The molecule has 0 aromatic heterocycles. The second-order valence-electron chi connectivity index (χ2n) is 4.77. The summed E-state index contributed by atoms with van der Waals surface area (Å²) in [4.78, 5) is 11.1. The zero-order valence-electron chi connectivity index (χ0n) is 11.5. The molecule has 2 rings (SSSR count). The van der Waals surface area contributed by atoms with Gasteiger partial charge in [-0.15, -0.1) is 0 Å². The van der Waals surface area contributed by atoms with Crippen LogP contribution in [0, 0.1) is 5.92 Å². The molecule has 0 atom stereocenters. The number of aliphatic hydroxyl groups excluding tert-OH is 1. The number of carbonyl (C=O) groups is 1. The van der Waals surface area contributed by atoms with Crippen molar-refractivity contribution in [3.05, 3.63) is 23.8 Å². The number of benzene rings is 1. The molecule has 0 aliphatic carbocycles. The molecule has 1 aliphatic heterocycles. The molecular weight excluding hydrogens is 298 g/mol. The van der Waals surface area contributed by atoms with E-state index in [-0.39, 0.29) is 48.4 Å². The first-order chi connectivity index (χ1) is 9.90. The third-order valence-corrected chi connectivity index (χ3v) is 5.13. The summed E-state index contributed by atoms with van der Waals surface area (Å²) in [7, 11) is -3.73. The predicted octanol–water partition coefficient (Wildman–Crippen LogP) is 0.396. The van der Waals surface area contributed by atoms with Gasteiger partial charge < -0.3 is 14.9 Å². The van der Waals surface area contributed by atoms with Crippen molar-refractivity contribution < 1.29 is 28.2 Å². The van der Waals surface area contributed by atoms with Crippen LogP contribution in [0.2, 0.25) is 0 Å². The van der Waals surface area contributed by atoms with Gasteiger partial charge in [-0.3, -0.25) is 0 Å². The van der Waals surface area contributed by atoms with Crippen LogP contribution < -0.4 is 4.74 Å².